The first-order valence-corrected chi connectivity index (χ1v) is 11.8. The average Bonchev–Trinajstić information content (AvgIpc) is 2.65. The predicted molar refractivity (Wildman–Crippen MR) is 129 cm³/mol. The van der Waals surface area contributed by atoms with Crippen molar-refractivity contribution in [3.8, 4) is 0 Å². The molecule has 0 heterocycles. The molecule has 1 aliphatic rings. The molecule has 0 radical (unpaired) electrons. The lowest BCUT2D eigenvalue weighted by molar-refractivity contribution is -0.117. The topological polar surface area (TPSA) is 29.1 Å². The van der Waals surface area contributed by atoms with Gasteiger partial charge in [-0.15, -0.1) is 0 Å². The van der Waals surface area contributed by atoms with Crippen LogP contribution < -0.4 is 5.32 Å². The molecule has 30 heavy (non-hydrogen) atoms. The Kier molecular flexibility index (Phi) is 7.52. The quantitative estimate of drug-likeness (QED) is 0.480. The number of nitrogens with one attached hydrogen (secondary N) is 1. The van der Waals surface area contributed by atoms with Gasteiger partial charge >= 0.3 is 0 Å². The fourth-order valence-corrected chi connectivity index (χ4v) is 5.14. The maximum absolute atomic E-state index is 12.6. The molecule has 1 aliphatic carbocycles. The van der Waals surface area contributed by atoms with Gasteiger partial charge in [0, 0.05) is 22.2 Å². The van der Waals surface area contributed by atoms with E-state index in [1.165, 1.54) is 22.3 Å². The van der Waals surface area contributed by atoms with Gasteiger partial charge in [-0.3, -0.25) is 4.79 Å². The van der Waals surface area contributed by atoms with Crippen molar-refractivity contribution < 1.29 is 4.79 Å². The van der Waals surface area contributed by atoms with Crippen LogP contribution in [0.1, 0.15) is 73.8 Å². The van der Waals surface area contributed by atoms with Gasteiger partial charge < -0.3 is 5.32 Å². The SMILES string of the molecule is Cc1cc2c(c(C)c1NC(=O)CC(C)C(C)C)CCCC2Cc1cc(Cl)cc(Cl)c1. The van der Waals surface area contributed by atoms with Gasteiger partial charge in [-0.05, 0) is 103 Å². The highest BCUT2D eigenvalue weighted by Crippen LogP contribution is 2.40. The molecule has 3 rings (SSSR count). The molecule has 2 aromatic carbocycles. The Hall–Kier alpha value is -1.51. The minimum Gasteiger partial charge on any atom is -0.326 e. The third kappa shape index (κ3) is 5.39. The van der Waals surface area contributed by atoms with Gasteiger partial charge in [-0.1, -0.05) is 50.0 Å². The summed E-state index contributed by atoms with van der Waals surface area (Å²) in [6, 6.07) is 8.11. The van der Waals surface area contributed by atoms with Crippen LogP contribution in [-0.4, -0.2) is 5.91 Å². The monoisotopic (exact) mass is 445 g/mol. The second-order valence-electron chi connectivity index (χ2n) is 9.31. The lowest BCUT2D eigenvalue weighted by Gasteiger charge is -2.29. The fourth-order valence-electron chi connectivity index (χ4n) is 4.57. The summed E-state index contributed by atoms with van der Waals surface area (Å²) in [5.74, 6) is 1.44. The highest BCUT2D eigenvalue weighted by atomic mass is 35.5. The molecule has 0 bridgehead atoms. The van der Waals surface area contributed by atoms with E-state index in [1.807, 2.05) is 12.1 Å². The maximum Gasteiger partial charge on any atom is 0.224 e. The molecule has 0 fully saturated rings. The molecule has 162 valence electrons. The van der Waals surface area contributed by atoms with E-state index in [-0.39, 0.29) is 5.91 Å². The summed E-state index contributed by atoms with van der Waals surface area (Å²) < 4.78 is 0. The summed E-state index contributed by atoms with van der Waals surface area (Å²) in [5, 5.41) is 4.60. The van der Waals surface area contributed by atoms with Crippen molar-refractivity contribution in [1.29, 1.82) is 0 Å². The van der Waals surface area contributed by atoms with E-state index in [0.717, 1.165) is 36.9 Å². The molecule has 2 atom stereocenters. The van der Waals surface area contributed by atoms with E-state index in [0.29, 0.717) is 34.2 Å². The lowest BCUT2D eigenvalue weighted by atomic mass is 9.77. The van der Waals surface area contributed by atoms with E-state index in [1.54, 1.807) is 6.07 Å². The number of carbonyl (C=O) groups excluding carboxylic acids is 1. The van der Waals surface area contributed by atoms with Crippen LogP contribution in [0.4, 0.5) is 5.69 Å². The molecule has 0 aliphatic heterocycles. The Labute approximate surface area is 191 Å². The molecule has 1 N–H and O–H groups in total. The molecule has 2 nitrogen and oxygen atoms in total. The van der Waals surface area contributed by atoms with Crippen LogP contribution in [0.25, 0.3) is 0 Å². The van der Waals surface area contributed by atoms with Crippen molar-refractivity contribution in [2.24, 2.45) is 11.8 Å². The molecule has 2 aromatic rings. The summed E-state index contributed by atoms with van der Waals surface area (Å²) in [4.78, 5) is 12.6. The number of aryl methyl sites for hydroxylation is 1. The molecular weight excluding hydrogens is 413 g/mol. The van der Waals surface area contributed by atoms with Crippen LogP contribution in [0.2, 0.25) is 10.0 Å². The van der Waals surface area contributed by atoms with Gasteiger partial charge in [0.05, 0.1) is 0 Å². The highest BCUT2D eigenvalue weighted by molar-refractivity contribution is 6.34. The number of benzene rings is 2. The average molecular weight is 446 g/mol. The molecule has 1 amide bonds. The third-order valence-electron chi connectivity index (χ3n) is 6.68. The summed E-state index contributed by atoms with van der Waals surface area (Å²) in [6.45, 7) is 10.7. The summed E-state index contributed by atoms with van der Waals surface area (Å²) in [6.07, 6.45) is 4.89. The summed E-state index contributed by atoms with van der Waals surface area (Å²) in [7, 11) is 0. The van der Waals surface area contributed by atoms with E-state index < -0.39 is 0 Å². The first-order chi connectivity index (χ1) is 14.2. The Balaban J connectivity index is 1.86. The van der Waals surface area contributed by atoms with Crippen LogP contribution in [0, 0.1) is 25.7 Å². The van der Waals surface area contributed by atoms with Crippen molar-refractivity contribution in [3.05, 3.63) is 62.1 Å². The van der Waals surface area contributed by atoms with Gasteiger partial charge in [0.15, 0.2) is 0 Å². The Morgan fingerprint density at radius 2 is 1.77 bits per heavy atom. The van der Waals surface area contributed by atoms with E-state index >= 15 is 0 Å². The number of hydrogen-bond donors (Lipinski definition) is 1. The smallest absolute Gasteiger partial charge is 0.224 e. The van der Waals surface area contributed by atoms with Crippen LogP contribution in [0.15, 0.2) is 24.3 Å². The van der Waals surface area contributed by atoms with Crippen LogP contribution in [0.3, 0.4) is 0 Å². The van der Waals surface area contributed by atoms with Crippen LogP contribution >= 0.6 is 23.2 Å². The maximum atomic E-state index is 12.6. The zero-order valence-corrected chi connectivity index (χ0v) is 20.3. The molecular formula is C26H33Cl2NO. The largest absolute Gasteiger partial charge is 0.326 e. The standard InChI is InChI=1S/C26H33Cl2NO/c1-15(2)16(3)10-25(30)29-26-17(4)9-24-20(7-6-8-23(24)18(26)5)11-19-12-21(27)14-22(28)13-19/h9,12-16,20H,6-8,10-11H2,1-5H3,(H,29,30). The third-order valence-corrected chi connectivity index (χ3v) is 7.11. The number of anilines is 1. The second-order valence-corrected chi connectivity index (χ2v) is 10.2. The first kappa shape index (κ1) is 23.2. The van der Waals surface area contributed by atoms with E-state index in [9.17, 15) is 4.79 Å². The zero-order chi connectivity index (χ0) is 22.0. The van der Waals surface area contributed by atoms with Crippen molar-refractivity contribution in [3.63, 3.8) is 0 Å². The fraction of sp³-hybridized carbons (Fsp3) is 0.500. The lowest BCUT2D eigenvalue weighted by Crippen LogP contribution is -2.21. The van der Waals surface area contributed by atoms with Crippen molar-refractivity contribution in [1.82, 2.24) is 0 Å². The van der Waals surface area contributed by atoms with Crippen molar-refractivity contribution in [2.45, 2.75) is 72.6 Å². The second kappa shape index (κ2) is 9.75. The van der Waals surface area contributed by atoms with E-state index in [2.05, 4.69) is 46.0 Å². The van der Waals surface area contributed by atoms with Crippen molar-refractivity contribution in [2.75, 3.05) is 5.32 Å². The number of fused-ring (bicyclic) bond motifs is 1. The Morgan fingerprint density at radius 3 is 2.40 bits per heavy atom. The van der Waals surface area contributed by atoms with Crippen LogP contribution in [0.5, 0.6) is 0 Å². The normalized spacial score (nSPS) is 17.0. The Bertz CT molecular complexity index is 915. The molecule has 4 heteroatoms. The molecule has 0 saturated carbocycles. The molecule has 0 spiro atoms. The number of hydrogen-bond acceptors (Lipinski definition) is 1. The number of carbonyl (C=O) groups is 1. The number of rotatable bonds is 6. The first-order valence-electron chi connectivity index (χ1n) is 11.0. The van der Waals surface area contributed by atoms with Gasteiger partial charge in [-0.2, -0.15) is 0 Å². The predicted octanol–water partition coefficient (Wildman–Crippen LogP) is 7.89. The minimum absolute atomic E-state index is 0.114. The number of halogens is 2. The molecule has 0 aromatic heterocycles. The summed E-state index contributed by atoms with van der Waals surface area (Å²) in [5.41, 5.74) is 7.37. The zero-order valence-electron chi connectivity index (χ0n) is 18.7. The van der Waals surface area contributed by atoms with Crippen molar-refractivity contribution >= 4 is 34.8 Å². The van der Waals surface area contributed by atoms with E-state index in [4.69, 9.17) is 23.2 Å². The molecule has 0 saturated heterocycles. The van der Waals surface area contributed by atoms with Gasteiger partial charge in [0.1, 0.15) is 0 Å². The van der Waals surface area contributed by atoms with Gasteiger partial charge in [-0.25, -0.2) is 0 Å². The number of amides is 1. The highest BCUT2D eigenvalue weighted by Gasteiger charge is 2.25. The Morgan fingerprint density at radius 1 is 1.10 bits per heavy atom. The minimum atomic E-state index is 0.114. The van der Waals surface area contributed by atoms with Gasteiger partial charge in [0.25, 0.3) is 0 Å². The van der Waals surface area contributed by atoms with Crippen LogP contribution in [-0.2, 0) is 17.6 Å². The molecule has 2 unspecified atom stereocenters. The summed E-state index contributed by atoms with van der Waals surface area (Å²) >= 11 is 12.4. The van der Waals surface area contributed by atoms with Gasteiger partial charge in [0.2, 0.25) is 5.91 Å².